The van der Waals surface area contributed by atoms with Crippen molar-refractivity contribution in [3.63, 3.8) is 0 Å². The van der Waals surface area contributed by atoms with E-state index in [1.54, 1.807) is 55.2 Å². The number of aromatic nitrogens is 11. The molecule has 7 N–H and O–H groups in total. The number of methoxy groups -OCH3 is 1. The summed E-state index contributed by atoms with van der Waals surface area (Å²) < 4.78 is 21.2. The summed E-state index contributed by atoms with van der Waals surface area (Å²) in [6.45, 7) is 10.6. The van der Waals surface area contributed by atoms with E-state index in [2.05, 4.69) is 45.8 Å². The normalized spacial score (nSPS) is 14.4. The van der Waals surface area contributed by atoms with Crippen LogP contribution >= 0.6 is 0 Å². The number of fused-ring (bicyclic) bond motifs is 3. The van der Waals surface area contributed by atoms with Crippen molar-refractivity contribution in [3.05, 3.63) is 95.1 Å². The van der Waals surface area contributed by atoms with Gasteiger partial charge in [-0.05, 0) is 82.6 Å². The third-order valence-electron chi connectivity index (χ3n) is 12.6. The Kier molecular flexibility index (Phi) is 13.5. The zero-order valence-electron chi connectivity index (χ0n) is 38.7. The molecule has 0 atom stereocenters. The van der Waals surface area contributed by atoms with Crippen LogP contribution in [0.15, 0.2) is 60.9 Å². The van der Waals surface area contributed by atoms with Crippen LogP contribution in [0.2, 0.25) is 0 Å². The smallest absolute Gasteiger partial charge is 0.276 e. The van der Waals surface area contributed by atoms with Gasteiger partial charge in [0.15, 0.2) is 0 Å². The summed E-state index contributed by atoms with van der Waals surface area (Å²) in [6, 6.07) is 9.48. The number of piperidine rings is 1. The van der Waals surface area contributed by atoms with E-state index < -0.39 is 23.6 Å². The molecule has 0 unspecified atom stereocenters. The first kappa shape index (κ1) is 46.2. The third kappa shape index (κ3) is 9.50. The first-order valence-electron chi connectivity index (χ1n) is 23.1. The zero-order valence-corrected chi connectivity index (χ0v) is 38.7. The number of ether oxygens (including phenoxy) is 2. The second-order valence-electron chi connectivity index (χ2n) is 16.8. The van der Waals surface area contributed by atoms with Gasteiger partial charge in [0.2, 0.25) is 23.7 Å². The zero-order chi connectivity index (χ0) is 48.2. The van der Waals surface area contributed by atoms with E-state index in [-0.39, 0.29) is 36.1 Å². The van der Waals surface area contributed by atoms with Gasteiger partial charge in [0.25, 0.3) is 11.8 Å². The Morgan fingerprint density at radius 1 is 0.783 bits per heavy atom. The van der Waals surface area contributed by atoms with E-state index in [9.17, 15) is 19.2 Å². The highest BCUT2D eigenvalue weighted by molar-refractivity contribution is 6.05. The van der Waals surface area contributed by atoms with Gasteiger partial charge in [-0.3, -0.25) is 39.2 Å². The predicted molar refractivity (Wildman–Crippen MR) is 254 cm³/mol. The van der Waals surface area contributed by atoms with Gasteiger partial charge in [-0.15, -0.1) is 10.2 Å². The lowest BCUT2D eigenvalue weighted by molar-refractivity contribution is 0.0991. The Balaban J connectivity index is 0.985. The van der Waals surface area contributed by atoms with Gasteiger partial charge in [0.05, 0.1) is 31.3 Å². The topological polar surface area (TPSA) is 280 Å². The number of likely N-dealkylation sites (tertiary alicyclic amines) is 1. The van der Waals surface area contributed by atoms with Gasteiger partial charge < -0.3 is 44.9 Å². The lowest BCUT2D eigenvalue weighted by Crippen LogP contribution is -2.36. The lowest BCUT2D eigenvalue weighted by Gasteiger charge is -2.32. The van der Waals surface area contributed by atoms with Crippen molar-refractivity contribution in [2.75, 3.05) is 50.5 Å². The first-order chi connectivity index (χ1) is 33.5. The quantitative estimate of drug-likeness (QED) is 0.0576. The average Bonchev–Trinajstić information content (AvgIpc) is 4.21. The molecule has 0 spiro atoms. The van der Waals surface area contributed by atoms with Crippen molar-refractivity contribution in [1.82, 2.24) is 63.6 Å². The fourth-order valence-electron chi connectivity index (χ4n) is 9.10. The molecule has 7 aromatic rings. The van der Waals surface area contributed by atoms with Crippen molar-refractivity contribution in [2.24, 2.45) is 11.5 Å². The number of allylic oxidation sites excluding steroid dienone is 2. The molecule has 0 saturated carbocycles. The molecule has 9 rings (SSSR count). The van der Waals surface area contributed by atoms with Crippen molar-refractivity contribution in [2.45, 2.75) is 78.3 Å². The molecular formula is C46H55N17O6. The number of primary amides is 2. The summed E-state index contributed by atoms with van der Waals surface area (Å²) >= 11 is 0. The summed E-state index contributed by atoms with van der Waals surface area (Å²) in [5.41, 5.74) is 14.3. The Morgan fingerprint density at radius 3 is 1.90 bits per heavy atom. The Hall–Kier alpha value is -7.92. The van der Waals surface area contributed by atoms with E-state index in [1.807, 2.05) is 26.0 Å². The summed E-state index contributed by atoms with van der Waals surface area (Å²) in [4.78, 5) is 64.3. The molecule has 0 aliphatic carbocycles. The molecule has 2 aromatic carbocycles. The number of nitrogens with two attached hydrogens (primary N) is 2. The molecule has 4 amide bonds. The maximum atomic E-state index is 13.8. The van der Waals surface area contributed by atoms with Gasteiger partial charge >= 0.3 is 0 Å². The largest absolute Gasteiger partial charge is 0.494 e. The second kappa shape index (κ2) is 20.1. The molecule has 2 aliphatic rings. The van der Waals surface area contributed by atoms with Crippen LogP contribution in [0.4, 0.5) is 11.9 Å². The van der Waals surface area contributed by atoms with Crippen molar-refractivity contribution < 1.29 is 28.7 Å². The lowest BCUT2D eigenvalue weighted by atomic mass is 9.95. The standard InChI is InChI=1S/C46H55N17O6/c1-4-62-33(9-13-50-62)43(66)54-45-52-31-23-29(40(47)64)25-35(68-3)38(31)60(45)17-6-7-18-61-39-32(53-46(61)55-44(67)34-10-14-51-63(34)5-2)24-30(41(48)65)26-36(39)69-22-8-16-58-19-11-28(12-20-58)42-57-56-37-27-49-15-21-59(37)42/h6-7,9-10,13-14,23-26,28,49H,4-5,8,11-12,15-22,27H2,1-3H3,(H2,47,64)(H2,48,65)(H,52,54,66)(H,53,55,67)/b7-6+. The van der Waals surface area contributed by atoms with Crippen LogP contribution in [-0.2, 0) is 39.3 Å². The highest BCUT2D eigenvalue weighted by Crippen LogP contribution is 2.34. The van der Waals surface area contributed by atoms with Crippen LogP contribution < -0.4 is 36.9 Å². The van der Waals surface area contributed by atoms with Crippen molar-refractivity contribution in [3.8, 4) is 11.5 Å². The molecule has 1 fully saturated rings. The van der Waals surface area contributed by atoms with E-state index in [0.29, 0.717) is 77.0 Å². The van der Waals surface area contributed by atoms with E-state index in [1.165, 1.54) is 19.2 Å². The number of carbonyl (C=O) groups is 4. The van der Waals surface area contributed by atoms with E-state index in [0.717, 1.165) is 63.8 Å². The Morgan fingerprint density at radius 2 is 1.35 bits per heavy atom. The predicted octanol–water partition coefficient (Wildman–Crippen LogP) is 3.13. The number of anilines is 2. The van der Waals surface area contributed by atoms with Crippen molar-refractivity contribution >= 4 is 57.6 Å². The molecule has 0 radical (unpaired) electrons. The van der Waals surface area contributed by atoms with Gasteiger partial charge in [0.1, 0.15) is 45.6 Å². The molecule has 5 aromatic heterocycles. The second-order valence-corrected chi connectivity index (χ2v) is 16.8. The van der Waals surface area contributed by atoms with E-state index in [4.69, 9.17) is 30.9 Å². The number of aryl methyl sites for hydroxylation is 2. The fourth-order valence-corrected chi connectivity index (χ4v) is 9.10. The maximum Gasteiger partial charge on any atom is 0.276 e. The number of rotatable bonds is 19. The summed E-state index contributed by atoms with van der Waals surface area (Å²) in [7, 11) is 1.47. The Bertz CT molecular complexity index is 3080. The molecule has 23 nitrogen and oxygen atoms in total. The van der Waals surface area contributed by atoms with Crippen LogP contribution in [-0.4, -0.2) is 122 Å². The minimum absolute atomic E-state index is 0.166. The molecule has 1 saturated heterocycles. The number of hydrogen-bond acceptors (Lipinski definition) is 14. The molecule has 69 heavy (non-hydrogen) atoms. The number of nitrogens with zero attached hydrogens (tertiary/aromatic N) is 12. The summed E-state index contributed by atoms with van der Waals surface area (Å²) in [5, 5.41) is 26.7. The van der Waals surface area contributed by atoms with Gasteiger partial charge in [-0.25, -0.2) is 9.97 Å². The number of amides is 4. The summed E-state index contributed by atoms with van der Waals surface area (Å²) in [6.07, 6.45) is 9.52. The van der Waals surface area contributed by atoms with Crippen LogP contribution in [0.1, 0.15) is 92.4 Å². The highest BCUT2D eigenvalue weighted by atomic mass is 16.5. The minimum Gasteiger partial charge on any atom is -0.494 e. The average molecular weight is 942 g/mol. The number of imidazole rings is 2. The number of carbonyl (C=O) groups excluding carboxylic acids is 4. The Labute approximate surface area is 395 Å². The monoisotopic (exact) mass is 941 g/mol. The molecule has 0 bridgehead atoms. The highest BCUT2D eigenvalue weighted by Gasteiger charge is 2.28. The number of benzene rings is 2. The van der Waals surface area contributed by atoms with Crippen LogP contribution in [0.5, 0.6) is 11.5 Å². The maximum absolute atomic E-state index is 13.8. The molecule has 360 valence electrons. The molecule has 7 heterocycles. The third-order valence-corrected chi connectivity index (χ3v) is 12.6. The fraction of sp³-hybridized carbons (Fsp3) is 0.391. The molecule has 23 heteroatoms. The number of nitrogens with one attached hydrogen (secondary N) is 3. The van der Waals surface area contributed by atoms with Crippen molar-refractivity contribution in [1.29, 1.82) is 0 Å². The molecule has 2 aliphatic heterocycles. The van der Waals surface area contributed by atoms with Crippen LogP contribution in [0.3, 0.4) is 0 Å². The molecular weight excluding hydrogens is 887 g/mol. The van der Waals surface area contributed by atoms with Gasteiger partial charge in [-0.1, -0.05) is 12.2 Å². The van der Waals surface area contributed by atoms with Gasteiger partial charge in [0, 0.05) is 75.3 Å². The van der Waals surface area contributed by atoms with Crippen LogP contribution in [0, 0.1) is 0 Å². The van der Waals surface area contributed by atoms with Gasteiger partial charge in [-0.2, -0.15) is 10.2 Å². The summed E-state index contributed by atoms with van der Waals surface area (Å²) in [5.74, 6) is 1.33. The number of hydrogen-bond donors (Lipinski definition) is 5. The first-order valence-corrected chi connectivity index (χ1v) is 23.1. The SMILES string of the molecule is CCn1nccc1C(=O)Nc1nc2cc(C(N)=O)cc(OC)c2n1C/C=C/Cn1c(NC(=O)c2ccnn2CC)nc2cc(C(N)=O)cc(OCCCN3CCC(c4nnc5n4CCNC5)CC3)c21. The minimum atomic E-state index is -0.668. The van der Waals surface area contributed by atoms with Crippen LogP contribution in [0.25, 0.3) is 22.1 Å². The van der Waals surface area contributed by atoms with E-state index >= 15 is 0 Å².